The maximum Gasteiger partial charge on any atom is 0.274 e. The van der Waals surface area contributed by atoms with Gasteiger partial charge in [-0.2, -0.15) is 5.10 Å². The summed E-state index contributed by atoms with van der Waals surface area (Å²) in [7, 11) is 1.84. The van der Waals surface area contributed by atoms with Gasteiger partial charge in [-0.25, -0.2) is 0 Å². The number of nitrogens with zero attached hydrogens (tertiary/aromatic N) is 3. The van der Waals surface area contributed by atoms with Crippen molar-refractivity contribution in [2.24, 2.45) is 5.73 Å². The van der Waals surface area contributed by atoms with Crippen LogP contribution in [0.1, 0.15) is 41.7 Å². The highest BCUT2D eigenvalue weighted by Crippen LogP contribution is 2.40. The average Bonchev–Trinajstić information content (AvgIpc) is 2.67. The van der Waals surface area contributed by atoms with Crippen molar-refractivity contribution in [2.75, 3.05) is 13.6 Å². The second-order valence-corrected chi connectivity index (χ2v) is 7.19. The van der Waals surface area contributed by atoms with Crippen LogP contribution in [0.3, 0.4) is 0 Å². The van der Waals surface area contributed by atoms with Crippen molar-refractivity contribution in [1.29, 1.82) is 0 Å². The molecule has 6 heteroatoms. The van der Waals surface area contributed by atoms with Gasteiger partial charge in [0.2, 0.25) is 0 Å². The van der Waals surface area contributed by atoms with E-state index in [2.05, 4.69) is 16.3 Å². The molecular formula is C19H23ClN4O. The lowest BCUT2D eigenvalue weighted by Crippen LogP contribution is -2.46. The molecule has 1 heterocycles. The standard InChI is InChI=1S/C19H23ClN4O/c1-24(18(25)17-6-3-11-22-23-17)16-7-9-19(13-21,10-8-16)14-4-2-5-15(20)12-14/h2-6,11-12,16H,7-10,13,21H2,1H3. The average molecular weight is 359 g/mol. The minimum Gasteiger partial charge on any atom is -0.337 e. The van der Waals surface area contributed by atoms with Crippen LogP contribution in [0, 0.1) is 0 Å². The van der Waals surface area contributed by atoms with E-state index in [1.165, 1.54) is 5.56 Å². The number of carbonyl (C=O) groups excluding carboxylic acids is 1. The lowest BCUT2D eigenvalue weighted by molar-refractivity contribution is 0.0655. The smallest absolute Gasteiger partial charge is 0.274 e. The monoisotopic (exact) mass is 358 g/mol. The summed E-state index contributed by atoms with van der Waals surface area (Å²) in [5, 5.41) is 8.45. The van der Waals surface area contributed by atoms with E-state index in [0.29, 0.717) is 12.2 Å². The minimum absolute atomic E-state index is 0.0577. The summed E-state index contributed by atoms with van der Waals surface area (Å²) in [5.74, 6) is -0.0823. The Morgan fingerprint density at radius 3 is 2.68 bits per heavy atom. The zero-order valence-corrected chi connectivity index (χ0v) is 15.1. The highest BCUT2D eigenvalue weighted by Gasteiger charge is 2.38. The van der Waals surface area contributed by atoms with Crippen molar-refractivity contribution in [3.8, 4) is 0 Å². The van der Waals surface area contributed by atoms with Gasteiger partial charge in [0.1, 0.15) is 0 Å². The van der Waals surface area contributed by atoms with Crippen LogP contribution in [0.25, 0.3) is 0 Å². The molecule has 0 radical (unpaired) electrons. The molecule has 2 aromatic rings. The van der Waals surface area contributed by atoms with Crippen LogP contribution in [0.4, 0.5) is 0 Å². The topological polar surface area (TPSA) is 72.1 Å². The maximum absolute atomic E-state index is 12.6. The Morgan fingerprint density at radius 2 is 2.08 bits per heavy atom. The molecule has 1 aromatic heterocycles. The fourth-order valence-electron chi connectivity index (χ4n) is 3.73. The van der Waals surface area contributed by atoms with E-state index >= 15 is 0 Å². The molecule has 5 nitrogen and oxygen atoms in total. The molecule has 2 N–H and O–H groups in total. The predicted molar refractivity (Wildman–Crippen MR) is 98.6 cm³/mol. The number of halogens is 1. The highest BCUT2D eigenvalue weighted by molar-refractivity contribution is 6.30. The molecule has 1 fully saturated rings. The Hall–Kier alpha value is -1.98. The first kappa shape index (κ1) is 17.8. The number of carbonyl (C=O) groups is 1. The van der Waals surface area contributed by atoms with E-state index in [-0.39, 0.29) is 17.4 Å². The Bertz CT molecular complexity index is 729. The molecule has 1 aliphatic rings. The zero-order valence-electron chi connectivity index (χ0n) is 14.4. The van der Waals surface area contributed by atoms with Crippen molar-refractivity contribution in [3.05, 3.63) is 58.9 Å². The van der Waals surface area contributed by atoms with E-state index in [0.717, 1.165) is 30.7 Å². The molecule has 0 atom stereocenters. The van der Waals surface area contributed by atoms with Crippen LogP contribution < -0.4 is 5.73 Å². The highest BCUT2D eigenvalue weighted by atomic mass is 35.5. The summed E-state index contributed by atoms with van der Waals surface area (Å²) in [4.78, 5) is 14.4. The quantitative estimate of drug-likeness (QED) is 0.911. The molecule has 0 aliphatic heterocycles. The van der Waals surface area contributed by atoms with Crippen molar-refractivity contribution >= 4 is 17.5 Å². The van der Waals surface area contributed by atoms with E-state index in [1.807, 2.05) is 25.2 Å². The Kier molecular flexibility index (Phi) is 5.35. The van der Waals surface area contributed by atoms with Gasteiger partial charge >= 0.3 is 0 Å². The lowest BCUT2D eigenvalue weighted by atomic mass is 9.68. The van der Waals surface area contributed by atoms with E-state index in [4.69, 9.17) is 17.3 Å². The van der Waals surface area contributed by atoms with Gasteiger partial charge in [0.25, 0.3) is 5.91 Å². The maximum atomic E-state index is 12.6. The molecule has 1 saturated carbocycles. The van der Waals surface area contributed by atoms with E-state index < -0.39 is 0 Å². The molecule has 1 aromatic carbocycles. The second-order valence-electron chi connectivity index (χ2n) is 6.75. The van der Waals surface area contributed by atoms with Crippen molar-refractivity contribution in [3.63, 3.8) is 0 Å². The molecule has 132 valence electrons. The molecule has 0 bridgehead atoms. The van der Waals surface area contributed by atoms with Gasteiger partial charge in [-0.1, -0.05) is 23.7 Å². The van der Waals surface area contributed by atoms with E-state index in [9.17, 15) is 4.79 Å². The predicted octanol–water partition coefficient (Wildman–Crippen LogP) is 3.04. The van der Waals surface area contributed by atoms with Crippen LogP contribution >= 0.6 is 11.6 Å². The molecule has 0 spiro atoms. The summed E-state index contributed by atoms with van der Waals surface area (Å²) in [6.07, 6.45) is 5.26. The Labute approximate surface area is 153 Å². The van der Waals surface area contributed by atoms with Crippen molar-refractivity contribution in [1.82, 2.24) is 15.1 Å². The number of hydrogen-bond donors (Lipinski definition) is 1. The number of rotatable bonds is 4. The van der Waals surface area contributed by atoms with Crippen molar-refractivity contribution < 1.29 is 4.79 Å². The normalized spacial score (nSPS) is 23.2. The van der Waals surface area contributed by atoms with E-state index in [1.54, 1.807) is 23.2 Å². The molecule has 0 unspecified atom stereocenters. The molecule has 3 rings (SSSR count). The lowest BCUT2D eigenvalue weighted by Gasteiger charge is -2.42. The SMILES string of the molecule is CN(C(=O)c1cccnn1)C1CCC(CN)(c2cccc(Cl)c2)CC1. The van der Waals surface area contributed by atoms with Gasteiger partial charge in [0.05, 0.1) is 0 Å². The fraction of sp³-hybridized carbons (Fsp3) is 0.421. The summed E-state index contributed by atoms with van der Waals surface area (Å²) < 4.78 is 0. The van der Waals surface area contributed by atoms with Crippen molar-refractivity contribution in [2.45, 2.75) is 37.1 Å². The third kappa shape index (κ3) is 3.67. The zero-order chi connectivity index (χ0) is 17.9. The van der Waals surface area contributed by atoms with Gasteiger partial charge in [0.15, 0.2) is 5.69 Å². The first-order valence-electron chi connectivity index (χ1n) is 8.57. The summed E-state index contributed by atoms with van der Waals surface area (Å²) >= 11 is 6.16. The second kappa shape index (κ2) is 7.50. The van der Waals surface area contributed by atoms with Crippen LogP contribution in [0.5, 0.6) is 0 Å². The molecule has 0 saturated heterocycles. The third-order valence-corrected chi connectivity index (χ3v) is 5.63. The van der Waals surface area contributed by atoms with Crippen LogP contribution in [-0.4, -0.2) is 40.6 Å². The largest absolute Gasteiger partial charge is 0.337 e. The number of aromatic nitrogens is 2. The fourth-order valence-corrected chi connectivity index (χ4v) is 3.92. The first-order chi connectivity index (χ1) is 12.1. The molecular weight excluding hydrogens is 336 g/mol. The summed E-state index contributed by atoms with van der Waals surface area (Å²) in [6.45, 7) is 0.585. The number of hydrogen-bond acceptors (Lipinski definition) is 4. The van der Waals surface area contributed by atoms with Gasteiger partial charge in [0, 0.05) is 36.3 Å². The molecule has 1 amide bonds. The Morgan fingerprint density at radius 1 is 1.32 bits per heavy atom. The molecule has 25 heavy (non-hydrogen) atoms. The minimum atomic E-state index is -0.0823. The van der Waals surface area contributed by atoms with Gasteiger partial charge < -0.3 is 10.6 Å². The molecule has 1 aliphatic carbocycles. The van der Waals surface area contributed by atoms with Gasteiger partial charge in [-0.15, -0.1) is 5.10 Å². The van der Waals surface area contributed by atoms with Crippen LogP contribution in [0.2, 0.25) is 5.02 Å². The summed E-state index contributed by atoms with van der Waals surface area (Å²) in [5.41, 5.74) is 7.68. The van der Waals surface area contributed by atoms with Crippen LogP contribution in [-0.2, 0) is 5.41 Å². The summed E-state index contributed by atoms with van der Waals surface area (Å²) in [6, 6.07) is 11.6. The number of nitrogens with two attached hydrogens (primary N) is 1. The van der Waals surface area contributed by atoms with Crippen LogP contribution in [0.15, 0.2) is 42.6 Å². The Balaban J connectivity index is 1.71. The van der Waals surface area contributed by atoms with Gasteiger partial charge in [-0.05, 0) is 55.5 Å². The number of benzene rings is 1. The number of amides is 1. The first-order valence-corrected chi connectivity index (χ1v) is 8.94. The third-order valence-electron chi connectivity index (χ3n) is 5.40. The van der Waals surface area contributed by atoms with Gasteiger partial charge in [-0.3, -0.25) is 4.79 Å².